The summed E-state index contributed by atoms with van der Waals surface area (Å²) in [4.78, 5) is 0. The zero-order valence-corrected chi connectivity index (χ0v) is 17.3. The van der Waals surface area contributed by atoms with Gasteiger partial charge in [0.05, 0.1) is 6.67 Å². The van der Waals surface area contributed by atoms with Gasteiger partial charge in [-0.2, -0.15) is 0 Å². The molecule has 0 N–H and O–H groups in total. The van der Waals surface area contributed by atoms with Gasteiger partial charge in [0.25, 0.3) is 0 Å². The summed E-state index contributed by atoms with van der Waals surface area (Å²) in [5, 5.41) is 0. The molecule has 0 aliphatic carbocycles. The molecule has 2 aromatic rings. The topological polar surface area (TPSA) is 4.93 Å². The van der Waals surface area contributed by atoms with Gasteiger partial charge < -0.3 is 4.57 Å². The first-order valence-corrected chi connectivity index (χ1v) is 9.37. The second kappa shape index (κ2) is 10.8. The van der Waals surface area contributed by atoms with Crippen LogP contribution in [0.4, 0.5) is 4.39 Å². The minimum Gasteiger partial charge on any atom is -0.351 e. The number of aryl methyl sites for hydroxylation is 4. The van der Waals surface area contributed by atoms with E-state index < -0.39 is 0 Å². The summed E-state index contributed by atoms with van der Waals surface area (Å²) in [5.41, 5.74) is 7.70. The van der Waals surface area contributed by atoms with Gasteiger partial charge in [-0.1, -0.05) is 55.8 Å². The van der Waals surface area contributed by atoms with Crippen molar-refractivity contribution in [1.82, 2.24) is 4.57 Å². The molecule has 0 spiro atoms. The van der Waals surface area contributed by atoms with E-state index in [1.165, 1.54) is 33.5 Å². The van der Waals surface area contributed by atoms with E-state index in [-0.39, 0.29) is 12.6 Å². The fourth-order valence-electron chi connectivity index (χ4n) is 3.14. The smallest absolute Gasteiger partial charge is 0.0925 e. The lowest BCUT2D eigenvalue weighted by Gasteiger charge is -2.13. The minimum atomic E-state index is -0.204. The highest BCUT2D eigenvalue weighted by Crippen LogP contribution is 2.19. The molecule has 1 aromatic heterocycles. The first kappa shape index (κ1) is 22.0. The Morgan fingerprint density at radius 1 is 1.19 bits per heavy atom. The zero-order chi connectivity index (χ0) is 19.7. The van der Waals surface area contributed by atoms with Crippen molar-refractivity contribution in [3.05, 3.63) is 77.1 Å². The van der Waals surface area contributed by atoms with Gasteiger partial charge in [-0.25, -0.2) is 0 Å². The van der Waals surface area contributed by atoms with Crippen LogP contribution in [-0.4, -0.2) is 11.2 Å². The molecule has 0 saturated heterocycles. The van der Waals surface area contributed by atoms with Crippen molar-refractivity contribution in [2.24, 2.45) is 13.0 Å². The van der Waals surface area contributed by atoms with E-state index in [0.29, 0.717) is 0 Å². The molecule has 0 saturated carbocycles. The molecule has 0 bridgehead atoms. The second-order valence-corrected chi connectivity index (χ2v) is 7.11. The Bertz CT molecular complexity index is 713. The lowest BCUT2D eigenvalue weighted by molar-refractivity contribution is 0.351. The van der Waals surface area contributed by atoms with E-state index in [0.717, 1.165) is 12.8 Å². The average molecular weight is 356 g/mol. The van der Waals surface area contributed by atoms with Crippen molar-refractivity contribution in [2.45, 2.75) is 47.5 Å². The molecule has 1 atom stereocenters. The van der Waals surface area contributed by atoms with Gasteiger partial charge in [0.2, 0.25) is 0 Å². The van der Waals surface area contributed by atoms with Crippen molar-refractivity contribution in [2.75, 3.05) is 6.67 Å². The third-order valence-corrected chi connectivity index (χ3v) is 4.82. The maximum Gasteiger partial charge on any atom is 0.0925 e. The summed E-state index contributed by atoms with van der Waals surface area (Å²) in [6, 6.07) is 8.52. The molecule has 1 aromatic carbocycles. The Hall–Kier alpha value is -2.09. The number of halogens is 1. The first-order chi connectivity index (χ1) is 12.3. The van der Waals surface area contributed by atoms with Crippen LogP contribution in [0, 0.1) is 26.7 Å². The van der Waals surface area contributed by atoms with Crippen LogP contribution in [0.3, 0.4) is 0 Å². The predicted molar refractivity (Wildman–Crippen MR) is 113 cm³/mol. The van der Waals surface area contributed by atoms with E-state index in [1.807, 2.05) is 12.2 Å². The van der Waals surface area contributed by atoms with Gasteiger partial charge in [-0.05, 0) is 68.4 Å². The number of benzene rings is 1. The number of allylic oxidation sites excluding steroid dienone is 3. The molecule has 0 aliphatic heterocycles. The Morgan fingerprint density at radius 3 is 2.38 bits per heavy atom. The van der Waals surface area contributed by atoms with E-state index in [4.69, 9.17) is 0 Å². The summed E-state index contributed by atoms with van der Waals surface area (Å²) >= 11 is 0. The lowest BCUT2D eigenvalue weighted by atomic mass is 9.94. The van der Waals surface area contributed by atoms with Crippen LogP contribution in [0.25, 0.3) is 5.57 Å². The fraction of sp³-hybridized carbons (Fsp3) is 0.417. The second-order valence-electron chi connectivity index (χ2n) is 7.11. The molecule has 1 heterocycles. The van der Waals surface area contributed by atoms with E-state index in [9.17, 15) is 4.39 Å². The molecule has 0 radical (unpaired) electrons. The Morgan fingerprint density at radius 2 is 1.88 bits per heavy atom. The summed E-state index contributed by atoms with van der Waals surface area (Å²) < 4.78 is 14.7. The van der Waals surface area contributed by atoms with Crippen LogP contribution < -0.4 is 0 Å². The summed E-state index contributed by atoms with van der Waals surface area (Å²) in [6.45, 7) is 13.9. The molecule has 2 rings (SSSR count). The quantitative estimate of drug-likeness (QED) is 0.504. The number of alkyl halides is 1. The van der Waals surface area contributed by atoms with Crippen LogP contribution in [-0.2, 0) is 13.5 Å². The first-order valence-electron chi connectivity index (χ1n) is 9.37. The third-order valence-electron chi connectivity index (χ3n) is 4.82. The lowest BCUT2D eigenvalue weighted by Crippen LogP contribution is -2.06. The van der Waals surface area contributed by atoms with Crippen LogP contribution in [0.2, 0.25) is 0 Å². The molecular weight excluding hydrogens is 321 g/mol. The molecular formula is C24H34FN. The van der Waals surface area contributed by atoms with Crippen LogP contribution >= 0.6 is 0 Å². The molecule has 142 valence electrons. The van der Waals surface area contributed by atoms with Crippen molar-refractivity contribution in [3.63, 3.8) is 0 Å². The highest BCUT2D eigenvalue weighted by molar-refractivity contribution is 5.65. The van der Waals surface area contributed by atoms with Gasteiger partial charge in [-0.15, -0.1) is 0 Å². The highest BCUT2D eigenvalue weighted by atomic mass is 19.1. The highest BCUT2D eigenvalue weighted by Gasteiger charge is 2.08. The Labute approximate surface area is 159 Å². The average Bonchev–Trinajstić information content (AvgIpc) is 2.95. The predicted octanol–water partition coefficient (Wildman–Crippen LogP) is 6.76. The minimum absolute atomic E-state index is 0.190. The van der Waals surface area contributed by atoms with Gasteiger partial charge in [0, 0.05) is 18.9 Å². The summed E-state index contributed by atoms with van der Waals surface area (Å²) in [7, 11) is 2.06. The van der Waals surface area contributed by atoms with Gasteiger partial charge in [0.15, 0.2) is 0 Å². The monoisotopic (exact) mass is 355 g/mol. The van der Waals surface area contributed by atoms with E-state index in [2.05, 4.69) is 83.3 Å². The molecule has 1 nitrogen and oxygen atoms in total. The molecule has 2 heteroatoms. The number of hydrogen-bond acceptors (Lipinski definition) is 0. The van der Waals surface area contributed by atoms with Crippen LogP contribution in [0.15, 0.2) is 49.2 Å². The van der Waals surface area contributed by atoms with E-state index >= 15 is 0 Å². The maximum atomic E-state index is 12.6. The standard InChI is InChI=1S/C13H19F.C11H15N/c1-4-12(9-14)8-13-7-10(2)5-6-11(13)3;1-5-6-9(2)11-10(3)7-8-12(11)4/h5-7,12H,4,8-9H2,1-3H3;5-8H,1H2,2-4H3/b;9-6-. The van der Waals surface area contributed by atoms with E-state index in [1.54, 1.807) is 0 Å². The molecule has 26 heavy (non-hydrogen) atoms. The maximum absolute atomic E-state index is 12.6. The molecule has 0 aliphatic rings. The van der Waals surface area contributed by atoms with Crippen molar-refractivity contribution in [3.8, 4) is 0 Å². The van der Waals surface area contributed by atoms with Crippen LogP contribution in [0.5, 0.6) is 0 Å². The van der Waals surface area contributed by atoms with Gasteiger partial charge in [-0.3, -0.25) is 4.39 Å². The van der Waals surface area contributed by atoms with Crippen molar-refractivity contribution >= 4 is 5.57 Å². The Balaban J connectivity index is 0.000000263. The molecule has 1 unspecified atom stereocenters. The van der Waals surface area contributed by atoms with Gasteiger partial charge >= 0.3 is 0 Å². The summed E-state index contributed by atoms with van der Waals surface area (Å²) in [5.74, 6) is 0.190. The number of hydrogen-bond donors (Lipinski definition) is 0. The molecule has 0 amide bonds. The van der Waals surface area contributed by atoms with Gasteiger partial charge in [0.1, 0.15) is 0 Å². The third kappa shape index (κ3) is 6.33. The van der Waals surface area contributed by atoms with Crippen molar-refractivity contribution < 1.29 is 4.39 Å². The largest absolute Gasteiger partial charge is 0.351 e. The fourth-order valence-corrected chi connectivity index (χ4v) is 3.14. The summed E-state index contributed by atoms with van der Waals surface area (Å²) in [6.07, 6.45) is 7.72. The normalized spacial score (nSPS) is 12.3. The number of rotatable bonds is 6. The zero-order valence-electron chi connectivity index (χ0n) is 17.3. The van der Waals surface area contributed by atoms with Crippen LogP contribution in [0.1, 0.15) is 48.2 Å². The number of aromatic nitrogens is 1. The molecule has 0 fully saturated rings. The number of nitrogens with zero attached hydrogens (tertiary/aromatic N) is 1. The Kier molecular flexibility index (Phi) is 9.12. The SMILES string of the molecule is C=C/C=C(/C)c1c(C)ccn1C.CCC(CF)Cc1cc(C)ccc1C. The van der Waals surface area contributed by atoms with Crippen molar-refractivity contribution in [1.29, 1.82) is 0 Å².